The second-order valence-electron chi connectivity index (χ2n) is 3.63. The van der Waals surface area contributed by atoms with Gasteiger partial charge in [-0.2, -0.15) is 0 Å². The molecule has 0 atom stereocenters. The number of hydrogen-bond donors (Lipinski definition) is 1. The maximum absolute atomic E-state index is 9.26. The normalized spacial score (nSPS) is 10.5. The van der Waals surface area contributed by atoms with Gasteiger partial charge in [0.25, 0.3) is 0 Å². The molecule has 0 unspecified atom stereocenters. The number of aromatic nitrogens is 1. The topological polar surface area (TPSA) is 42.4 Å². The Morgan fingerprint density at radius 2 is 2.24 bits per heavy atom. The summed E-state index contributed by atoms with van der Waals surface area (Å²) in [5.41, 5.74) is 2.01. The molecule has 0 amide bonds. The van der Waals surface area contributed by atoms with Crippen molar-refractivity contribution in [1.29, 1.82) is 0 Å². The first-order valence-electron chi connectivity index (χ1n) is 5.52. The van der Waals surface area contributed by atoms with Crippen molar-refractivity contribution in [2.45, 2.75) is 20.0 Å². The molecule has 1 aromatic carbocycles. The predicted molar refractivity (Wildman–Crippen MR) is 69.4 cm³/mol. The van der Waals surface area contributed by atoms with E-state index < -0.39 is 0 Å². The maximum Gasteiger partial charge on any atom is 0.124 e. The van der Waals surface area contributed by atoms with Gasteiger partial charge in [0.15, 0.2) is 0 Å². The summed E-state index contributed by atoms with van der Waals surface area (Å²) < 4.78 is 5.19. The van der Waals surface area contributed by atoms with Gasteiger partial charge in [0, 0.05) is 5.56 Å². The molecule has 0 aliphatic rings. The van der Waals surface area contributed by atoms with Crippen LogP contribution in [0.2, 0.25) is 0 Å². The van der Waals surface area contributed by atoms with Crippen LogP contribution in [0.5, 0.6) is 5.75 Å². The van der Waals surface area contributed by atoms with Crippen molar-refractivity contribution >= 4 is 11.3 Å². The van der Waals surface area contributed by atoms with E-state index in [4.69, 9.17) is 4.74 Å². The van der Waals surface area contributed by atoms with Crippen LogP contribution >= 0.6 is 11.3 Å². The van der Waals surface area contributed by atoms with Crippen molar-refractivity contribution in [3.05, 3.63) is 34.8 Å². The van der Waals surface area contributed by atoms with Gasteiger partial charge in [0.1, 0.15) is 10.8 Å². The van der Waals surface area contributed by atoms with Crippen molar-refractivity contribution < 1.29 is 9.84 Å². The molecule has 0 fully saturated rings. The number of aliphatic hydroxyl groups is 1. The lowest BCUT2D eigenvalue weighted by atomic mass is 10.2. The standard InChI is InChI=1S/C13H15NO2S/c1-3-11-12(8-15)17-13(14-11)9-5-4-6-10(7-9)16-2/h4-7,15H,3,8H2,1-2H3. The minimum atomic E-state index is 0.0603. The van der Waals surface area contributed by atoms with E-state index in [2.05, 4.69) is 4.98 Å². The second kappa shape index (κ2) is 5.29. The van der Waals surface area contributed by atoms with E-state index in [1.807, 2.05) is 31.2 Å². The first-order chi connectivity index (χ1) is 8.28. The number of benzene rings is 1. The van der Waals surface area contributed by atoms with Gasteiger partial charge >= 0.3 is 0 Å². The number of methoxy groups -OCH3 is 1. The van der Waals surface area contributed by atoms with Crippen LogP contribution < -0.4 is 4.74 Å². The summed E-state index contributed by atoms with van der Waals surface area (Å²) in [5, 5.41) is 10.2. The Hall–Kier alpha value is -1.39. The Morgan fingerprint density at radius 3 is 2.82 bits per heavy atom. The van der Waals surface area contributed by atoms with Gasteiger partial charge in [-0.3, -0.25) is 0 Å². The minimum absolute atomic E-state index is 0.0603. The van der Waals surface area contributed by atoms with Gasteiger partial charge in [0.05, 0.1) is 24.3 Å². The number of hydrogen-bond acceptors (Lipinski definition) is 4. The average Bonchev–Trinajstić information content (AvgIpc) is 2.82. The Bertz CT molecular complexity index is 486. The van der Waals surface area contributed by atoms with Crippen LogP contribution in [0.4, 0.5) is 0 Å². The molecule has 0 spiro atoms. The van der Waals surface area contributed by atoms with Crippen molar-refractivity contribution in [3.63, 3.8) is 0 Å². The molecular weight excluding hydrogens is 234 g/mol. The van der Waals surface area contributed by atoms with Gasteiger partial charge in [-0.05, 0) is 18.6 Å². The summed E-state index contributed by atoms with van der Waals surface area (Å²) in [4.78, 5) is 5.50. The van der Waals surface area contributed by atoms with Crippen molar-refractivity contribution in [2.24, 2.45) is 0 Å². The zero-order valence-corrected chi connectivity index (χ0v) is 10.8. The lowest BCUT2D eigenvalue weighted by Crippen LogP contribution is -1.87. The third-order valence-corrected chi connectivity index (χ3v) is 3.70. The maximum atomic E-state index is 9.26. The van der Waals surface area contributed by atoms with Crippen molar-refractivity contribution in [1.82, 2.24) is 4.98 Å². The van der Waals surface area contributed by atoms with E-state index in [0.29, 0.717) is 0 Å². The monoisotopic (exact) mass is 249 g/mol. The summed E-state index contributed by atoms with van der Waals surface area (Å²) in [7, 11) is 1.65. The molecule has 0 saturated heterocycles. The first-order valence-corrected chi connectivity index (χ1v) is 6.34. The molecule has 0 radical (unpaired) electrons. The number of thiazole rings is 1. The number of rotatable bonds is 4. The van der Waals surface area contributed by atoms with E-state index in [9.17, 15) is 5.11 Å². The van der Waals surface area contributed by atoms with Crippen LogP contribution in [-0.2, 0) is 13.0 Å². The molecule has 1 aromatic heterocycles. The fourth-order valence-corrected chi connectivity index (χ4v) is 2.67. The van der Waals surface area contributed by atoms with Crippen LogP contribution in [-0.4, -0.2) is 17.2 Å². The second-order valence-corrected chi connectivity index (χ2v) is 4.72. The molecule has 0 aliphatic heterocycles. The zero-order valence-electron chi connectivity index (χ0n) is 9.93. The van der Waals surface area contributed by atoms with Crippen molar-refractivity contribution in [2.75, 3.05) is 7.11 Å². The smallest absolute Gasteiger partial charge is 0.124 e. The third-order valence-electron chi connectivity index (χ3n) is 2.57. The Kier molecular flexibility index (Phi) is 3.76. The largest absolute Gasteiger partial charge is 0.497 e. The highest BCUT2D eigenvalue weighted by atomic mass is 32.1. The molecule has 3 nitrogen and oxygen atoms in total. The molecule has 2 rings (SSSR count). The number of aliphatic hydroxyl groups excluding tert-OH is 1. The number of nitrogens with zero attached hydrogens (tertiary/aromatic N) is 1. The Morgan fingerprint density at radius 1 is 1.41 bits per heavy atom. The number of ether oxygens (including phenoxy) is 1. The molecule has 2 aromatic rings. The third kappa shape index (κ3) is 2.48. The summed E-state index contributed by atoms with van der Waals surface area (Å²) >= 11 is 1.54. The minimum Gasteiger partial charge on any atom is -0.497 e. The summed E-state index contributed by atoms with van der Waals surface area (Å²) in [6.45, 7) is 2.11. The van der Waals surface area contributed by atoms with Gasteiger partial charge in [0.2, 0.25) is 0 Å². The lowest BCUT2D eigenvalue weighted by Gasteiger charge is -2.00. The summed E-state index contributed by atoms with van der Waals surface area (Å²) in [5.74, 6) is 0.821. The van der Waals surface area contributed by atoms with E-state index in [1.54, 1.807) is 7.11 Å². The highest BCUT2D eigenvalue weighted by Crippen LogP contribution is 2.30. The van der Waals surface area contributed by atoms with E-state index >= 15 is 0 Å². The molecule has 4 heteroatoms. The van der Waals surface area contributed by atoms with Gasteiger partial charge in [-0.1, -0.05) is 19.1 Å². The fourth-order valence-electron chi connectivity index (χ4n) is 1.66. The van der Waals surface area contributed by atoms with E-state index in [1.165, 1.54) is 11.3 Å². The average molecular weight is 249 g/mol. The molecule has 0 aliphatic carbocycles. The van der Waals surface area contributed by atoms with Crippen LogP contribution in [0.1, 0.15) is 17.5 Å². The fraction of sp³-hybridized carbons (Fsp3) is 0.308. The highest BCUT2D eigenvalue weighted by molar-refractivity contribution is 7.15. The molecule has 90 valence electrons. The number of aryl methyl sites for hydroxylation is 1. The predicted octanol–water partition coefficient (Wildman–Crippen LogP) is 2.87. The highest BCUT2D eigenvalue weighted by Gasteiger charge is 2.10. The van der Waals surface area contributed by atoms with Crippen LogP contribution in [0.25, 0.3) is 10.6 Å². The summed E-state index contributed by atoms with van der Waals surface area (Å²) in [6, 6.07) is 7.81. The molecule has 0 bridgehead atoms. The molecule has 1 heterocycles. The van der Waals surface area contributed by atoms with Gasteiger partial charge < -0.3 is 9.84 Å². The molecule has 0 saturated carbocycles. The van der Waals surface area contributed by atoms with Gasteiger partial charge in [-0.15, -0.1) is 11.3 Å². The van der Waals surface area contributed by atoms with E-state index in [-0.39, 0.29) is 6.61 Å². The van der Waals surface area contributed by atoms with Crippen molar-refractivity contribution in [3.8, 4) is 16.3 Å². The van der Waals surface area contributed by atoms with Crippen LogP contribution in [0.3, 0.4) is 0 Å². The summed E-state index contributed by atoms with van der Waals surface area (Å²) in [6.07, 6.45) is 0.844. The quantitative estimate of drug-likeness (QED) is 0.906. The first kappa shape index (κ1) is 12.1. The molecule has 1 N–H and O–H groups in total. The molecular formula is C13H15NO2S. The van der Waals surface area contributed by atoms with Gasteiger partial charge in [-0.25, -0.2) is 4.98 Å². The van der Waals surface area contributed by atoms with Crippen LogP contribution in [0.15, 0.2) is 24.3 Å². The zero-order chi connectivity index (χ0) is 12.3. The Balaban J connectivity index is 2.41. The van der Waals surface area contributed by atoms with E-state index in [0.717, 1.165) is 33.3 Å². The Labute approximate surface area is 105 Å². The molecule has 17 heavy (non-hydrogen) atoms. The lowest BCUT2D eigenvalue weighted by molar-refractivity contribution is 0.284. The van der Waals surface area contributed by atoms with Crippen LogP contribution in [0, 0.1) is 0 Å². The SMILES string of the molecule is CCc1nc(-c2cccc(OC)c2)sc1CO.